The van der Waals surface area contributed by atoms with Crippen LogP contribution in [0, 0.1) is 18.6 Å². The summed E-state index contributed by atoms with van der Waals surface area (Å²) in [6.45, 7) is 3.62. The summed E-state index contributed by atoms with van der Waals surface area (Å²) in [6.07, 6.45) is -0.521. The molecule has 0 bridgehead atoms. The lowest BCUT2D eigenvalue weighted by Gasteiger charge is -2.23. The van der Waals surface area contributed by atoms with Gasteiger partial charge in [-0.25, -0.2) is 28.3 Å². The van der Waals surface area contributed by atoms with E-state index in [4.69, 9.17) is 16.3 Å². The van der Waals surface area contributed by atoms with Gasteiger partial charge in [0.25, 0.3) is 0 Å². The summed E-state index contributed by atoms with van der Waals surface area (Å²) in [5.74, 6) is -2.33. The zero-order valence-electron chi connectivity index (χ0n) is 18.8. The van der Waals surface area contributed by atoms with Gasteiger partial charge in [0.05, 0.1) is 23.5 Å². The summed E-state index contributed by atoms with van der Waals surface area (Å²) in [5.41, 5.74) is 1.58. The van der Waals surface area contributed by atoms with Crippen LogP contribution in [0.5, 0.6) is 0 Å². The lowest BCUT2D eigenvalue weighted by Crippen LogP contribution is -2.36. The molecule has 0 radical (unpaired) electrons. The number of halogens is 3. The van der Waals surface area contributed by atoms with Gasteiger partial charge in [-0.2, -0.15) is 0 Å². The predicted octanol–water partition coefficient (Wildman–Crippen LogP) is 5.16. The Morgan fingerprint density at radius 2 is 2.03 bits per heavy atom. The summed E-state index contributed by atoms with van der Waals surface area (Å²) < 4.78 is 32.7. The van der Waals surface area contributed by atoms with E-state index in [2.05, 4.69) is 15.3 Å². The highest BCUT2D eigenvalue weighted by Crippen LogP contribution is 2.29. The third kappa shape index (κ3) is 5.32. The number of carbonyl (C=O) groups is 2. The lowest BCUT2D eigenvalue weighted by atomic mass is 10.0. The Bertz CT molecular complexity index is 1310. The Morgan fingerprint density at radius 3 is 2.74 bits per heavy atom. The number of aromatic carboxylic acids is 1. The first-order valence-corrected chi connectivity index (χ1v) is 11.0. The van der Waals surface area contributed by atoms with Gasteiger partial charge in [-0.3, -0.25) is 4.90 Å². The van der Waals surface area contributed by atoms with Crippen LogP contribution in [0.2, 0.25) is 5.15 Å². The third-order valence-corrected chi connectivity index (χ3v) is 5.74. The van der Waals surface area contributed by atoms with Crippen molar-refractivity contribution in [2.24, 2.45) is 0 Å². The first kappa shape index (κ1) is 24.3. The molecule has 2 N–H and O–H groups in total. The highest BCUT2D eigenvalue weighted by molar-refractivity contribution is 6.29. The van der Waals surface area contributed by atoms with Crippen molar-refractivity contribution in [1.82, 2.24) is 9.97 Å². The topological polar surface area (TPSA) is 105 Å². The lowest BCUT2D eigenvalue weighted by molar-refractivity contribution is 0.0691. The van der Waals surface area contributed by atoms with Crippen molar-refractivity contribution in [2.75, 3.05) is 16.8 Å². The molecule has 0 unspecified atom stereocenters. The van der Waals surface area contributed by atoms with E-state index in [9.17, 15) is 23.5 Å². The number of nitrogens with one attached hydrogen (secondary N) is 1. The summed E-state index contributed by atoms with van der Waals surface area (Å²) >= 11 is 5.83. The first-order valence-electron chi connectivity index (χ1n) is 10.7. The molecule has 35 heavy (non-hydrogen) atoms. The maximum absolute atomic E-state index is 14.2. The van der Waals surface area contributed by atoms with Gasteiger partial charge in [0.1, 0.15) is 29.2 Å². The van der Waals surface area contributed by atoms with E-state index in [1.807, 2.05) is 6.92 Å². The number of nitrogens with zero attached hydrogens (tertiary/aromatic N) is 3. The SMILES string of the molecule is Cc1cc([C@@H](C)Nc2ccc(Cl)nc2C(=O)O)nc(N2C(=O)OC[C@@H]2Cc2ccc(F)cc2F)c1. The predicted molar refractivity (Wildman–Crippen MR) is 125 cm³/mol. The van der Waals surface area contributed by atoms with Gasteiger partial charge < -0.3 is 15.2 Å². The summed E-state index contributed by atoms with van der Waals surface area (Å²) in [6, 6.07) is 8.75. The molecule has 11 heteroatoms. The standard InChI is InChI=1S/C24H21ClF2N4O4/c1-12-7-19(13(2)28-18-5-6-20(25)30-22(18)23(32)33)29-21(8-12)31-16(11-35-24(31)34)9-14-3-4-15(26)10-17(14)27/h3-8,10,13,16,28H,9,11H2,1-2H3,(H,32,33)/t13-,16+/m1/s1. The fraction of sp³-hybridized carbons (Fsp3) is 0.250. The zero-order chi connectivity index (χ0) is 25.3. The van der Waals surface area contributed by atoms with Gasteiger partial charge in [-0.05, 0) is 61.7 Å². The van der Waals surface area contributed by atoms with Crippen molar-refractivity contribution >= 4 is 35.2 Å². The second-order valence-electron chi connectivity index (χ2n) is 8.17. The number of carbonyl (C=O) groups excluding carboxylic acids is 1. The molecule has 3 aromatic rings. The van der Waals surface area contributed by atoms with Crippen molar-refractivity contribution in [1.29, 1.82) is 0 Å². The van der Waals surface area contributed by atoms with Crippen LogP contribution in [0.1, 0.15) is 40.3 Å². The van der Waals surface area contributed by atoms with E-state index < -0.39 is 35.8 Å². The molecule has 3 heterocycles. The molecule has 0 aliphatic carbocycles. The minimum Gasteiger partial charge on any atom is -0.476 e. The molecule has 1 fully saturated rings. The van der Waals surface area contributed by atoms with Gasteiger partial charge in [-0.1, -0.05) is 17.7 Å². The molecular weight excluding hydrogens is 482 g/mol. The van der Waals surface area contributed by atoms with Crippen LogP contribution in [-0.4, -0.2) is 39.8 Å². The Balaban J connectivity index is 1.61. The van der Waals surface area contributed by atoms with Crippen molar-refractivity contribution < 1.29 is 28.2 Å². The molecule has 1 aromatic carbocycles. The average molecular weight is 503 g/mol. The fourth-order valence-corrected chi connectivity index (χ4v) is 4.02. The molecular formula is C24H21ClF2N4O4. The van der Waals surface area contributed by atoms with Crippen LogP contribution in [-0.2, 0) is 11.2 Å². The number of ether oxygens (including phenoxy) is 1. The van der Waals surface area contributed by atoms with Gasteiger partial charge in [-0.15, -0.1) is 0 Å². The minimum absolute atomic E-state index is 0.0207. The van der Waals surface area contributed by atoms with Gasteiger partial charge in [0, 0.05) is 6.07 Å². The number of hydrogen-bond acceptors (Lipinski definition) is 6. The zero-order valence-corrected chi connectivity index (χ0v) is 19.5. The first-order chi connectivity index (χ1) is 16.6. The number of aryl methyl sites for hydroxylation is 1. The monoisotopic (exact) mass is 502 g/mol. The molecule has 1 aliphatic rings. The second-order valence-corrected chi connectivity index (χ2v) is 8.56. The molecule has 0 saturated carbocycles. The molecule has 2 aromatic heterocycles. The quantitative estimate of drug-likeness (QED) is 0.430. The highest BCUT2D eigenvalue weighted by Gasteiger charge is 2.36. The summed E-state index contributed by atoms with van der Waals surface area (Å²) in [7, 11) is 0. The van der Waals surface area contributed by atoms with Crippen molar-refractivity contribution in [2.45, 2.75) is 32.4 Å². The number of amides is 1. The molecule has 8 nitrogen and oxygen atoms in total. The number of hydrogen-bond donors (Lipinski definition) is 2. The van der Waals surface area contributed by atoms with Crippen molar-refractivity contribution in [3.05, 3.63) is 81.8 Å². The Hall–Kier alpha value is -3.79. The number of benzene rings is 1. The minimum atomic E-state index is -1.24. The highest BCUT2D eigenvalue weighted by atomic mass is 35.5. The average Bonchev–Trinajstić information content (AvgIpc) is 3.16. The van der Waals surface area contributed by atoms with Crippen LogP contribution in [0.3, 0.4) is 0 Å². The van der Waals surface area contributed by atoms with E-state index in [0.29, 0.717) is 11.5 Å². The van der Waals surface area contributed by atoms with Crippen LogP contribution in [0.25, 0.3) is 0 Å². The van der Waals surface area contributed by atoms with Crippen LogP contribution < -0.4 is 10.2 Å². The fourth-order valence-electron chi connectivity index (χ4n) is 3.88. The molecule has 4 rings (SSSR count). The molecule has 2 atom stereocenters. The Kier molecular flexibility index (Phi) is 6.83. The number of anilines is 2. The third-order valence-electron chi connectivity index (χ3n) is 5.53. The van der Waals surface area contributed by atoms with Gasteiger partial charge in [0.15, 0.2) is 5.69 Å². The smallest absolute Gasteiger partial charge is 0.415 e. The normalized spacial score (nSPS) is 16.2. The number of rotatable bonds is 7. The maximum atomic E-state index is 14.2. The number of carboxylic acid groups (broad SMARTS) is 1. The van der Waals surface area contributed by atoms with Crippen molar-refractivity contribution in [3.63, 3.8) is 0 Å². The van der Waals surface area contributed by atoms with E-state index in [1.165, 1.54) is 23.1 Å². The molecule has 1 saturated heterocycles. The number of pyridine rings is 2. The van der Waals surface area contributed by atoms with Gasteiger partial charge in [0.2, 0.25) is 0 Å². The number of carboxylic acids is 1. The van der Waals surface area contributed by atoms with Crippen LogP contribution in [0.4, 0.5) is 25.1 Å². The maximum Gasteiger partial charge on any atom is 0.415 e. The largest absolute Gasteiger partial charge is 0.476 e. The second kappa shape index (κ2) is 9.83. The molecule has 1 aliphatic heterocycles. The van der Waals surface area contributed by atoms with Gasteiger partial charge >= 0.3 is 12.1 Å². The Labute approximate surface area is 204 Å². The molecule has 182 valence electrons. The van der Waals surface area contributed by atoms with E-state index >= 15 is 0 Å². The summed E-state index contributed by atoms with van der Waals surface area (Å²) in [4.78, 5) is 33.9. The van der Waals surface area contributed by atoms with E-state index in [-0.39, 0.29) is 35.1 Å². The molecule has 0 spiro atoms. The van der Waals surface area contributed by atoms with E-state index in [0.717, 1.165) is 17.7 Å². The summed E-state index contributed by atoms with van der Waals surface area (Å²) in [5, 5.41) is 12.6. The number of aromatic nitrogens is 2. The van der Waals surface area contributed by atoms with Crippen LogP contribution >= 0.6 is 11.6 Å². The molecule has 1 amide bonds. The van der Waals surface area contributed by atoms with E-state index in [1.54, 1.807) is 19.1 Å². The van der Waals surface area contributed by atoms with Crippen molar-refractivity contribution in [3.8, 4) is 0 Å². The number of cyclic esters (lactones) is 1. The van der Waals surface area contributed by atoms with Crippen LogP contribution in [0.15, 0.2) is 42.5 Å². The Morgan fingerprint density at radius 1 is 1.26 bits per heavy atom.